The third-order valence-corrected chi connectivity index (χ3v) is 1.78. The molecule has 1 aromatic carbocycles. The standard InChI is InChI=1S/C7H4ClN3O2/c8-5-2-1-4(3-9)6(10)7(5)11(12)13/h1-2H,10H2. The van der Waals surface area contributed by atoms with Crippen LogP contribution in [0.3, 0.4) is 0 Å². The predicted octanol–water partition coefficient (Wildman–Crippen LogP) is 1.70. The molecular weight excluding hydrogens is 194 g/mol. The average Bonchev–Trinajstić information content (AvgIpc) is 2.04. The molecule has 0 aliphatic heterocycles. The van der Waals surface area contributed by atoms with Crippen LogP contribution in [0.25, 0.3) is 0 Å². The molecule has 0 saturated carbocycles. The lowest BCUT2D eigenvalue weighted by atomic mass is 10.2. The molecule has 0 amide bonds. The fourth-order valence-electron chi connectivity index (χ4n) is 0.864. The van der Waals surface area contributed by atoms with E-state index in [4.69, 9.17) is 22.6 Å². The van der Waals surface area contributed by atoms with E-state index in [1.165, 1.54) is 12.1 Å². The fraction of sp³-hybridized carbons (Fsp3) is 0. The van der Waals surface area contributed by atoms with E-state index in [1.807, 2.05) is 0 Å². The second-order valence-corrected chi connectivity index (χ2v) is 2.63. The molecule has 0 fully saturated rings. The van der Waals surface area contributed by atoms with Crippen LogP contribution in [-0.2, 0) is 0 Å². The van der Waals surface area contributed by atoms with Crippen molar-refractivity contribution in [2.24, 2.45) is 0 Å². The average molecular weight is 198 g/mol. The summed E-state index contributed by atoms with van der Waals surface area (Å²) in [6, 6.07) is 4.34. The molecule has 2 N–H and O–H groups in total. The van der Waals surface area contributed by atoms with Crippen molar-refractivity contribution in [3.8, 4) is 6.07 Å². The summed E-state index contributed by atoms with van der Waals surface area (Å²) < 4.78 is 0. The highest BCUT2D eigenvalue weighted by atomic mass is 35.5. The van der Waals surface area contributed by atoms with Gasteiger partial charge in [-0.1, -0.05) is 11.6 Å². The normalized spacial score (nSPS) is 9.23. The first-order valence-electron chi connectivity index (χ1n) is 3.20. The summed E-state index contributed by atoms with van der Waals surface area (Å²) in [5.41, 5.74) is 4.79. The molecule has 0 radical (unpaired) electrons. The van der Waals surface area contributed by atoms with Crippen molar-refractivity contribution in [1.29, 1.82) is 5.26 Å². The summed E-state index contributed by atoms with van der Waals surface area (Å²) in [7, 11) is 0. The third-order valence-electron chi connectivity index (χ3n) is 1.47. The lowest BCUT2D eigenvalue weighted by molar-refractivity contribution is -0.383. The molecule has 0 heterocycles. The molecule has 0 aromatic heterocycles. The van der Waals surface area contributed by atoms with Crippen LogP contribution in [0, 0.1) is 21.4 Å². The molecule has 0 aliphatic rings. The third kappa shape index (κ3) is 1.53. The van der Waals surface area contributed by atoms with Gasteiger partial charge in [0.25, 0.3) is 0 Å². The highest BCUT2D eigenvalue weighted by molar-refractivity contribution is 6.33. The number of nitro groups is 1. The van der Waals surface area contributed by atoms with Gasteiger partial charge in [0.2, 0.25) is 0 Å². The molecule has 0 saturated heterocycles. The molecule has 0 atom stereocenters. The summed E-state index contributed by atoms with van der Waals surface area (Å²) >= 11 is 5.52. The SMILES string of the molecule is N#Cc1ccc(Cl)c([N+](=O)[O-])c1N. The van der Waals surface area contributed by atoms with Gasteiger partial charge in [-0.05, 0) is 12.1 Å². The van der Waals surface area contributed by atoms with Crippen LogP contribution in [0.4, 0.5) is 11.4 Å². The van der Waals surface area contributed by atoms with Gasteiger partial charge in [-0.3, -0.25) is 10.1 Å². The number of nitrogens with zero attached hydrogens (tertiary/aromatic N) is 2. The van der Waals surface area contributed by atoms with Crippen LogP contribution >= 0.6 is 11.6 Å². The molecule has 6 heteroatoms. The van der Waals surface area contributed by atoms with Crippen molar-refractivity contribution in [3.63, 3.8) is 0 Å². The van der Waals surface area contributed by atoms with Gasteiger partial charge in [0.15, 0.2) is 0 Å². The Labute approximate surface area is 78.5 Å². The molecule has 1 rings (SSSR count). The van der Waals surface area contributed by atoms with E-state index < -0.39 is 10.6 Å². The molecule has 66 valence electrons. The second-order valence-electron chi connectivity index (χ2n) is 2.23. The van der Waals surface area contributed by atoms with Gasteiger partial charge in [0.05, 0.1) is 10.5 Å². The zero-order valence-electron chi connectivity index (χ0n) is 6.32. The van der Waals surface area contributed by atoms with E-state index in [0.29, 0.717) is 0 Å². The first kappa shape index (κ1) is 9.29. The van der Waals surface area contributed by atoms with Gasteiger partial charge in [-0.15, -0.1) is 0 Å². The first-order chi connectivity index (χ1) is 6.07. The van der Waals surface area contributed by atoms with Crippen LogP contribution in [0.5, 0.6) is 0 Å². The quantitative estimate of drug-likeness (QED) is 0.421. The van der Waals surface area contributed by atoms with Crippen molar-refractivity contribution >= 4 is 23.0 Å². The van der Waals surface area contributed by atoms with E-state index >= 15 is 0 Å². The molecule has 0 aliphatic carbocycles. The number of rotatable bonds is 1. The first-order valence-corrected chi connectivity index (χ1v) is 3.58. The molecule has 0 spiro atoms. The van der Waals surface area contributed by atoms with E-state index in [-0.39, 0.29) is 16.3 Å². The van der Waals surface area contributed by atoms with E-state index in [0.717, 1.165) is 0 Å². The predicted molar refractivity (Wildman–Crippen MR) is 47.2 cm³/mol. The summed E-state index contributed by atoms with van der Waals surface area (Å²) in [6.07, 6.45) is 0. The van der Waals surface area contributed by atoms with Gasteiger partial charge in [0, 0.05) is 0 Å². The van der Waals surface area contributed by atoms with E-state index in [2.05, 4.69) is 0 Å². The monoisotopic (exact) mass is 197 g/mol. The minimum absolute atomic E-state index is 0.0519. The minimum Gasteiger partial charge on any atom is -0.392 e. The molecule has 0 bridgehead atoms. The molecular formula is C7H4ClN3O2. The van der Waals surface area contributed by atoms with E-state index in [9.17, 15) is 10.1 Å². The van der Waals surface area contributed by atoms with Gasteiger partial charge in [0.1, 0.15) is 16.8 Å². The lowest BCUT2D eigenvalue weighted by Gasteiger charge is -1.99. The number of hydrogen-bond donors (Lipinski definition) is 1. The van der Waals surface area contributed by atoms with Gasteiger partial charge >= 0.3 is 5.69 Å². The maximum atomic E-state index is 10.4. The van der Waals surface area contributed by atoms with Gasteiger partial charge in [-0.25, -0.2) is 0 Å². The van der Waals surface area contributed by atoms with Gasteiger partial charge < -0.3 is 5.73 Å². The Hall–Kier alpha value is -1.80. The largest absolute Gasteiger partial charge is 0.392 e. The molecule has 0 unspecified atom stereocenters. The number of hydrogen-bond acceptors (Lipinski definition) is 4. The number of nitrogen functional groups attached to an aromatic ring is 1. The van der Waals surface area contributed by atoms with Crippen molar-refractivity contribution in [2.75, 3.05) is 5.73 Å². The summed E-state index contributed by atoms with van der Waals surface area (Å²) in [6.45, 7) is 0. The Kier molecular flexibility index (Phi) is 2.35. The lowest BCUT2D eigenvalue weighted by Crippen LogP contribution is -1.98. The number of anilines is 1. The maximum absolute atomic E-state index is 10.4. The van der Waals surface area contributed by atoms with Crippen LogP contribution in [0.15, 0.2) is 12.1 Å². The number of nitro benzene ring substituents is 1. The Morgan fingerprint density at radius 2 is 2.23 bits per heavy atom. The zero-order chi connectivity index (χ0) is 10.0. The van der Waals surface area contributed by atoms with Crippen molar-refractivity contribution < 1.29 is 4.92 Å². The fourth-order valence-corrected chi connectivity index (χ4v) is 1.10. The van der Waals surface area contributed by atoms with Crippen molar-refractivity contribution in [3.05, 3.63) is 32.8 Å². The topological polar surface area (TPSA) is 92.9 Å². The maximum Gasteiger partial charge on any atom is 0.311 e. The Bertz CT molecular complexity index is 411. The van der Waals surface area contributed by atoms with E-state index in [1.54, 1.807) is 6.07 Å². The number of benzene rings is 1. The molecule has 1 aromatic rings. The molecule has 13 heavy (non-hydrogen) atoms. The van der Waals surface area contributed by atoms with Crippen LogP contribution in [-0.4, -0.2) is 4.92 Å². The Balaban J connectivity index is 3.50. The number of nitriles is 1. The Morgan fingerprint density at radius 1 is 1.62 bits per heavy atom. The smallest absolute Gasteiger partial charge is 0.311 e. The zero-order valence-corrected chi connectivity index (χ0v) is 7.08. The highest BCUT2D eigenvalue weighted by Crippen LogP contribution is 2.32. The highest BCUT2D eigenvalue weighted by Gasteiger charge is 2.19. The van der Waals surface area contributed by atoms with Crippen LogP contribution in [0.2, 0.25) is 5.02 Å². The van der Waals surface area contributed by atoms with Crippen molar-refractivity contribution in [2.45, 2.75) is 0 Å². The van der Waals surface area contributed by atoms with Crippen molar-refractivity contribution in [1.82, 2.24) is 0 Å². The van der Waals surface area contributed by atoms with Gasteiger partial charge in [-0.2, -0.15) is 5.26 Å². The number of halogens is 1. The summed E-state index contributed by atoms with van der Waals surface area (Å²) in [4.78, 5) is 9.73. The number of nitrogens with two attached hydrogens (primary N) is 1. The van der Waals surface area contributed by atoms with Crippen LogP contribution < -0.4 is 5.73 Å². The van der Waals surface area contributed by atoms with Crippen LogP contribution in [0.1, 0.15) is 5.56 Å². The molecule has 5 nitrogen and oxygen atoms in total. The summed E-state index contributed by atoms with van der Waals surface area (Å²) in [5.74, 6) is 0. The second kappa shape index (κ2) is 3.29. The summed E-state index contributed by atoms with van der Waals surface area (Å²) in [5, 5.41) is 18.9. The minimum atomic E-state index is -0.710. The Morgan fingerprint density at radius 3 is 2.69 bits per heavy atom.